The molecular weight excluding hydrogens is 395 g/mol. The molecule has 158 valence electrons. The molecule has 1 aromatic heterocycles. The van der Waals surface area contributed by atoms with E-state index in [-0.39, 0.29) is 18.0 Å². The highest BCUT2D eigenvalue weighted by atomic mass is 19.1. The number of carbonyl (C=O) groups excluding carboxylic acids is 1. The molecule has 6 heteroatoms. The SMILES string of the molecule is COc1cccc(C(CNC(=O)c2ccccc2F)c2c[nH]c3ccccc23)c1OC. The lowest BCUT2D eigenvalue weighted by atomic mass is 9.89. The van der Waals surface area contributed by atoms with Crippen LogP contribution in [-0.2, 0) is 0 Å². The Morgan fingerprint density at radius 1 is 0.968 bits per heavy atom. The van der Waals surface area contributed by atoms with Crippen molar-refractivity contribution in [2.45, 2.75) is 5.92 Å². The van der Waals surface area contributed by atoms with Gasteiger partial charge in [0.1, 0.15) is 5.82 Å². The molecule has 1 heterocycles. The van der Waals surface area contributed by atoms with Gasteiger partial charge in [-0.2, -0.15) is 0 Å². The van der Waals surface area contributed by atoms with Crippen LogP contribution in [-0.4, -0.2) is 31.7 Å². The average Bonchev–Trinajstić information content (AvgIpc) is 3.23. The quantitative estimate of drug-likeness (QED) is 0.449. The summed E-state index contributed by atoms with van der Waals surface area (Å²) < 4.78 is 25.2. The fourth-order valence-corrected chi connectivity index (χ4v) is 3.89. The van der Waals surface area contributed by atoms with Crippen molar-refractivity contribution in [3.8, 4) is 11.5 Å². The highest BCUT2D eigenvalue weighted by Gasteiger charge is 2.24. The second kappa shape index (κ2) is 8.92. The van der Waals surface area contributed by atoms with Crippen LogP contribution in [0.4, 0.5) is 4.39 Å². The van der Waals surface area contributed by atoms with Crippen molar-refractivity contribution >= 4 is 16.8 Å². The number of methoxy groups -OCH3 is 2. The van der Waals surface area contributed by atoms with Gasteiger partial charge < -0.3 is 19.8 Å². The number of para-hydroxylation sites is 2. The van der Waals surface area contributed by atoms with Crippen LogP contribution in [0.15, 0.2) is 72.9 Å². The van der Waals surface area contributed by atoms with Crippen molar-refractivity contribution in [2.24, 2.45) is 0 Å². The van der Waals surface area contributed by atoms with E-state index in [0.717, 1.165) is 22.0 Å². The molecule has 3 aromatic carbocycles. The number of benzene rings is 3. The van der Waals surface area contributed by atoms with Crippen molar-refractivity contribution < 1.29 is 18.7 Å². The molecule has 2 N–H and O–H groups in total. The first-order chi connectivity index (χ1) is 15.1. The number of ether oxygens (including phenoxy) is 2. The van der Waals surface area contributed by atoms with Crippen LogP contribution >= 0.6 is 0 Å². The third kappa shape index (κ3) is 3.97. The van der Waals surface area contributed by atoms with Crippen LogP contribution in [0.3, 0.4) is 0 Å². The zero-order chi connectivity index (χ0) is 21.8. The lowest BCUT2D eigenvalue weighted by Gasteiger charge is -2.22. The van der Waals surface area contributed by atoms with Gasteiger partial charge in [0.25, 0.3) is 5.91 Å². The Morgan fingerprint density at radius 3 is 2.52 bits per heavy atom. The number of hydrogen-bond acceptors (Lipinski definition) is 3. The van der Waals surface area contributed by atoms with Gasteiger partial charge in [-0.05, 0) is 29.8 Å². The van der Waals surface area contributed by atoms with Crippen LogP contribution in [0.1, 0.15) is 27.4 Å². The highest BCUT2D eigenvalue weighted by molar-refractivity contribution is 5.94. The van der Waals surface area contributed by atoms with Crippen LogP contribution in [0.25, 0.3) is 10.9 Å². The van der Waals surface area contributed by atoms with Gasteiger partial charge in [0.05, 0.1) is 19.8 Å². The van der Waals surface area contributed by atoms with Crippen molar-refractivity contribution in [1.82, 2.24) is 10.3 Å². The van der Waals surface area contributed by atoms with Gasteiger partial charge in [0.2, 0.25) is 0 Å². The van der Waals surface area contributed by atoms with E-state index in [1.54, 1.807) is 26.4 Å². The van der Waals surface area contributed by atoms with Gasteiger partial charge in [-0.1, -0.05) is 42.5 Å². The monoisotopic (exact) mass is 418 g/mol. The predicted octanol–water partition coefficient (Wildman–Crippen LogP) is 4.89. The molecule has 1 unspecified atom stereocenters. The number of aromatic amines is 1. The summed E-state index contributed by atoms with van der Waals surface area (Å²) in [5.74, 6) is -0.0740. The number of amides is 1. The number of halogens is 1. The summed E-state index contributed by atoms with van der Waals surface area (Å²) in [7, 11) is 3.17. The maximum absolute atomic E-state index is 14.1. The topological polar surface area (TPSA) is 63.3 Å². The lowest BCUT2D eigenvalue weighted by Crippen LogP contribution is -2.29. The van der Waals surface area contributed by atoms with E-state index in [2.05, 4.69) is 10.3 Å². The van der Waals surface area contributed by atoms with Gasteiger partial charge in [0, 0.05) is 35.1 Å². The minimum Gasteiger partial charge on any atom is -0.493 e. The summed E-state index contributed by atoms with van der Waals surface area (Å²) in [6.07, 6.45) is 1.93. The fraction of sp³-hybridized carbons (Fsp3) is 0.160. The average molecular weight is 418 g/mol. The molecule has 4 aromatic rings. The van der Waals surface area contributed by atoms with Gasteiger partial charge in [-0.3, -0.25) is 4.79 Å². The van der Waals surface area contributed by atoms with Crippen molar-refractivity contribution in [3.05, 3.63) is 95.4 Å². The molecule has 0 aliphatic rings. The molecular formula is C25H23FN2O3. The molecule has 31 heavy (non-hydrogen) atoms. The van der Waals surface area contributed by atoms with Crippen LogP contribution in [0.5, 0.6) is 11.5 Å². The third-order valence-corrected chi connectivity index (χ3v) is 5.39. The number of fused-ring (bicyclic) bond motifs is 1. The number of rotatable bonds is 7. The molecule has 0 saturated carbocycles. The van der Waals surface area contributed by atoms with E-state index in [9.17, 15) is 9.18 Å². The Kier molecular flexibility index (Phi) is 5.89. The van der Waals surface area contributed by atoms with E-state index < -0.39 is 11.7 Å². The second-order valence-electron chi connectivity index (χ2n) is 7.11. The van der Waals surface area contributed by atoms with Crippen molar-refractivity contribution in [1.29, 1.82) is 0 Å². The number of carbonyl (C=O) groups is 1. The van der Waals surface area contributed by atoms with Crippen LogP contribution in [0, 0.1) is 5.82 Å². The van der Waals surface area contributed by atoms with E-state index in [1.807, 2.05) is 48.7 Å². The number of nitrogens with one attached hydrogen (secondary N) is 2. The van der Waals surface area contributed by atoms with Gasteiger partial charge in [0.15, 0.2) is 11.5 Å². The summed E-state index contributed by atoms with van der Waals surface area (Å²) in [5, 5.41) is 3.93. The van der Waals surface area contributed by atoms with Crippen LogP contribution in [0.2, 0.25) is 0 Å². The maximum Gasteiger partial charge on any atom is 0.254 e. The molecule has 4 rings (SSSR count). The minimum absolute atomic E-state index is 0.0118. The number of H-pyrrole nitrogens is 1. The molecule has 0 spiro atoms. The maximum atomic E-state index is 14.1. The van der Waals surface area contributed by atoms with E-state index >= 15 is 0 Å². The fourth-order valence-electron chi connectivity index (χ4n) is 3.89. The summed E-state index contributed by atoms with van der Waals surface area (Å²) in [6, 6.07) is 19.6. The molecule has 0 aliphatic heterocycles. The molecule has 1 atom stereocenters. The summed E-state index contributed by atoms with van der Waals surface area (Å²) in [5.41, 5.74) is 2.86. The van der Waals surface area contributed by atoms with Gasteiger partial charge in [-0.25, -0.2) is 4.39 Å². The number of hydrogen-bond donors (Lipinski definition) is 2. The molecule has 0 aliphatic carbocycles. The van der Waals surface area contributed by atoms with Crippen molar-refractivity contribution in [2.75, 3.05) is 20.8 Å². The summed E-state index contributed by atoms with van der Waals surface area (Å²) in [6.45, 7) is 0.249. The molecule has 0 bridgehead atoms. The molecule has 5 nitrogen and oxygen atoms in total. The Bertz CT molecular complexity index is 1220. The summed E-state index contributed by atoms with van der Waals surface area (Å²) >= 11 is 0. The molecule has 1 amide bonds. The lowest BCUT2D eigenvalue weighted by molar-refractivity contribution is 0.0948. The normalized spacial score (nSPS) is 11.8. The van der Waals surface area contributed by atoms with Gasteiger partial charge in [-0.15, -0.1) is 0 Å². The van der Waals surface area contributed by atoms with Gasteiger partial charge >= 0.3 is 0 Å². The zero-order valence-electron chi connectivity index (χ0n) is 17.3. The smallest absolute Gasteiger partial charge is 0.254 e. The molecule has 0 saturated heterocycles. The first kappa shape index (κ1) is 20.5. The van der Waals surface area contributed by atoms with Crippen molar-refractivity contribution in [3.63, 3.8) is 0 Å². The second-order valence-corrected chi connectivity index (χ2v) is 7.11. The Hall–Kier alpha value is -3.80. The molecule has 0 fully saturated rings. The van der Waals surface area contributed by atoms with E-state index in [0.29, 0.717) is 11.5 Å². The number of aromatic nitrogens is 1. The first-order valence-corrected chi connectivity index (χ1v) is 9.93. The molecule has 0 radical (unpaired) electrons. The Labute approximate surface area is 179 Å². The standard InChI is InChI=1S/C25H23FN2O3/c1-30-23-13-7-10-17(24(23)31-2)20(19-14-27-22-12-6-4-8-16(19)22)15-28-25(29)18-9-3-5-11-21(18)26/h3-14,20,27H,15H2,1-2H3,(H,28,29). The van der Waals surface area contributed by atoms with E-state index in [1.165, 1.54) is 12.1 Å². The summed E-state index contributed by atoms with van der Waals surface area (Å²) in [4.78, 5) is 16.0. The first-order valence-electron chi connectivity index (χ1n) is 9.93. The Morgan fingerprint density at radius 2 is 1.74 bits per heavy atom. The van der Waals surface area contributed by atoms with E-state index in [4.69, 9.17) is 9.47 Å². The predicted molar refractivity (Wildman–Crippen MR) is 118 cm³/mol. The largest absolute Gasteiger partial charge is 0.493 e. The Balaban J connectivity index is 1.75. The third-order valence-electron chi connectivity index (χ3n) is 5.39. The van der Waals surface area contributed by atoms with Crippen LogP contribution < -0.4 is 14.8 Å². The zero-order valence-corrected chi connectivity index (χ0v) is 17.3. The minimum atomic E-state index is -0.553. The highest BCUT2D eigenvalue weighted by Crippen LogP contribution is 2.40.